The van der Waals surface area contributed by atoms with E-state index in [2.05, 4.69) is 20.0 Å². The van der Waals surface area contributed by atoms with Gasteiger partial charge in [-0.05, 0) is 38.1 Å². The minimum atomic E-state index is -4.72. The van der Waals surface area contributed by atoms with Crippen molar-refractivity contribution < 1.29 is 17.9 Å². The second kappa shape index (κ2) is 7.24. The molecular formula is C15H18F3N5O. The Morgan fingerprint density at radius 2 is 1.75 bits per heavy atom. The Labute approximate surface area is 137 Å². The summed E-state index contributed by atoms with van der Waals surface area (Å²) in [7, 11) is 0. The van der Waals surface area contributed by atoms with Crippen LogP contribution >= 0.6 is 0 Å². The van der Waals surface area contributed by atoms with Crippen molar-refractivity contribution >= 4 is 23.0 Å². The Morgan fingerprint density at radius 3 is 2.29 bits per heavy atom. The van der Waals surface area contributed by atoms with Crippen LogP contribution in [0.3, 0.4) is 0 Å². The molecule has 0 radical (unpaired) electrons. The van der Waals surface area contributed by atoms with Crippen LogP contribution in [-0.4, -0.2) is 29.4 Å². The molecule has 0 unspecified atom stereocenters. The summed E-state index contributed by atoms with van der Waals surface area (Å²) in [6.45, 7) is 5.44. The molecule has 0 spiro atoms. The van der Waals surface area contributed by atoms with E-state index < -0.39 is 6.36 Å². The van der Waals surface area contributed by atoms with E-state index in [-0.39, 0.29) is 5.75 Å². The third-order valence-corrected chi connectivity index (χ3v) is 3.28. The van der Waals surface area contributed by atoms with Gasteiger partial charge in [0.15, 0.2) is 11.6 Å². The van der Waals surface area contributed by atoms with E-state index in [9.17, 15) is 13.2 Å². The zero-order valence-electron chi connectivity index (χ0n) is 13.3. The maximum Gasteiger partial charge on any atom is 0.573 e. The second-order valence-electron chi connectivity index (χ2n) is 4.83. The molecule has 1 aromatic heterocycles. The Hall–Kier alpha value is -2.71. The van der Waals surface area contributed by atoms with Crippen LogP contribution in [0.15, 0.2) is 30.6 Å². The van der Waals surface area contributed by atoms with Crippen molar-refractivity contribution in [2.24, 2.45) is 0 Å². The molecule has 0 saturated carbocycles. The summed E-state index contributed by atoms with van der Waals surface area (Å²) in [5.41, 5.74) is 6.99. The minimum Gasteiger partial charge on any atom is -0.406 e. The normalized spacial score (nSPS) is 11.2. The van der Waals surface area contributed by atoms with Crippen molar-refractivity contribution in [1.29, 1.82) is 0 Å². The first-order valence-corrected chi connectivity index (χ1v) is 7.32. The number of aromatic nitrogens is 2. The molecule has 0 aliphatic rings. The number of anilines is 4. The summed E-state index contributed by atoms with van der Waals surface area (Å²) < 4.78 is 40.3. The molecule has 1 heterocycles. The summed E-state index contributed by atoms with van der Waals surface area (Å²) in [5, 5.41) is 2.97. The highest BCUT2D eigenvalue weighted by Gasteiger charge is 2.30. The fourth-order valence-electron chi connectivity index (χ4n) is 2.14. The molecule has 6 nitrogen and oxygen atoms in total. The molecule has 9 heteroatoms. The lowest BCUT2D eigenvalue weighted by Gasteiger charge is -2.22. The highest BCUT2D eigenvalue weighted by Crippen LogP contribution is 2.29. The Bertz CT molecular complexity index is 672. The Morgan fingerprint density at radius 1 is 1.12 bits per heavy atom. The number of hydrogen-bond acceptors (Lipinski definition) is 6. The van der Waals surface area contributed by atoms with Crippen molar-refractivity contribution in [1.82, 2.24) is 9.97 Å². The van der Waals surface area contributed by atoms with Crippen LogP contribution in [0.25, 0.3) is 0 Å². The van der Waals surface area contributed by atoms with E-state index in [4.69, 9.17) is 5.73 Å². The molecule has 0 fully saturated rings. The summed E-state index contributed by atoms with van der Waals surface area (Å²) in [5.74, 6) is 0.693. The topological polar surface area (TPSA) is 76.3 Å². The van der Waals surface area contributed by atoms with Crippen molar-refractivity contribution in [3.63, 3.8) is 0 Å². The molecule has 130 valence electrons. The molecule has 0 saturated heterocycles. The van der Waals surface area contributed by atoms with Gasteiger partial charge in [-0.25, -0.2) is 9.97 Å². The predicted molar refractivity (Wildman–Crippen MR) is 86.4 cm³/mol. The number of nitrogens with two attached hydrogens (primary N) is 1. The van der Waals surface area contributed by atoms with Crippen LogP contribution in [0.5, 0.6) is 5.75 Å². The van der Waals surface area contributed by atoms with E-state index in [0.29, 0.717) is 23.0 Å². The van der Waals surface area contributed by atoms with Crippen LogP contribution in [0, 0.1) is 0 Å². The number of rotatable bonds is 6. The fraction of sp³-hybridized carbons (Fsp3) is 0.333. The molecule has 0 amide bonds. The third kappa shape index (κ3) is 4.40. The lowest BCUT2D eigenvalue weighted by Crippen LogP contribution is -2.24. The molecule has 24 heavy (non-hydrogen) atoms. The van der Waals surface area contributed by atoms with E-state index >= 15 is 0 Å². The molecule has 0 atom stereocenters. The molecule has 0 aliphatic carbocycles. The first-order chi connectivity index (χ1) is 11.3. The van der Waals surface area contributed by atoms with Crippen LogP contribution in [-0.2, 0) is 0 Å². The van der Waals surface area contributed by atoms with Crippen molar-refractivity contribution in [2.75, 3.05) is 29.0 Å². The van der Waals surface area contributed by atoms with Gasteiger partial charge in [-0.2, -0.15) is 0 Å². The average Bonchev–Trinajstić information content (AvgIpc) is 2.52. The maximum atomic E-state index is 12.2. The Kier molecular flexibility index (Phi) is 5.32. The minimum absolute atomic E-state index is 0.299. The second-order valence-corrected chi connectivity index (χ2v) is 4.83. The summed E-state index contributed by atoms with van der Waals surface area (Å²) in [4.78, 5) is 10.2. The first-order valence-electron chi connectivity index (χ1n) is 7.32. The van der Waals surface area contributed by atoms with Crippen LogP contribution < -0.4 is 20.7 Å². The summed E-state index contributed by atoms with van der Waals surface area (Å²) in [6, 6.07) is 5.30. The van der Waals surface area contributed by atoms with Gasteiger partial charge in [0.1, 0.15) is 17.8 Å². The van der Waals surface area contributed by atoms with Gasteiger partial charge in [-0.3, -0.25) is 0 Å². The van der Waals surface area contributed by atoms with Crippen LogP contribution in [0.1, 0.15) is 13.8 Å². The highest BCUT2D eigenvalue weighted by atomic mass is 19.4. The maximum absolute atomic E-state index is 12.2. The first kappa shape index (κ1) is 17.6. The largest absolute Gasteiger partial charge is 0.573 e. The molecule has 0 aliphatic heterocycles. The molecule has 1 aromatic carbocycles. The molecule has 2 aromatic rings. The lowest BCUT2D eigenvalue weighted by molar-refractivity contribution is -0.274. The van der Waals surface area contributed by atoms with E-state index in [1.807, 2.05) is 18.7 Å². The van der Waals surface area contributed by atoms with Crippen molar-refractivity contribution in [3.8, 4) is 5.75 Å². The van der Waals surface area contributed by atoms with E-state index in [1.54, 1.807) is 0 Å². The van der Waals surface area contributed by atoms with Gasteiger partial charge in [0, 0.05) is 18.8 Å². The SMILES string of the molecule is CCN(CC)c1ncnc(Nc2ccc(OC(F)(F)F)cc2)c1N. The van der Waals surface area contributed by atoms with Crippen molar-refractivity contribution in [3.05, 3.63) is 30.6 Å². The predicted octanol–water partition coefficient (Wildman–Crippen LogP) is 3.55. The fourth-order valence-corrected chi connectivity index (χ4v) is 2.14. The zero-order chi connectivity index (χ0) is 17.7. The number of halogens is 3. The quantitative estimate of drug-likeness (QED) is 0.837. The van der Waals surface area contributed by atoms with Gasteiger partial charge in [-0.15, -0.1) is 13.2 Å². The van der Waals surface area contributed by atoms with Gasteiger partial charge in [0.25, 0.3) is 0 Å². The number of nitrogen functional groups attached to an aromatic ring is 1. The van der Waals surface area contributed by atoms with E-state index in [0.717, 1.165) is 13.1 Å². The van der Waals surface area contributed by atoms with Crippen LogP contribution in [0.4, 0.5) is 36.2 Å². The van der Waals surface area contributed by atoms with Crippen LogP contribution in [0.2, 0.25) is 0 Å². The number of hydrogen-bond donors (Lipinski definition) is 2. The average molecular weight is 341 g/mol. The standard InChI is InChI=1S/C15H18F3N5O/c1-3-23(4-2)14-12(19)13(20-9-21-14)22-10-5-7-11(8-6-10)24-15(16,17)18/h5-9H,3-4,19H2,1-2H3,(H,20,21,22). The van der Waals surface area contributed by atoms with Crippen molar-refractivity contribution in [2.45, 2.75) is 20.2 Å². The number of alkyl halides is 3. The number of benzene rings is 1. The number of nitrogens with one attached hydrogen (secondary N) is 1. The molecule has 3 N–H and O–H groups in total. The monoisotopic (exact) mass is 341 g/mol. The summed E-state index contributed by atoms with van der Waals surface area (Å²) >= 11 is 0. The van der Waals surface area contributed by atoms with Gasteiger partial charge in [0.2, 0.25) is 0 Å². The number of ether oxygens (including phenoxy) is 1. The summed E-state index contributed by atoms with van der Waals surface area (Å²) in [6.07, 6.45) is -3.34. The lowest BCUT2D eigenvalue weighted by atomic mass is 10.3. The molecule has 2 rings (SSSR count). The third-order valence-electron chi connectivity index (χ3n) is 3.28. The van der Waals surface area contributed by atoms with Gasteiger partial charge >= 0.3 is 6.36 Å². The smallest absolute Gasteiger partial charge is 0.406 e. The highest BCUT2D eigenvalue weighted by molar-refractivity contribution is 5.78. The molecular weight excluding hydrogens is 323 g/mol. The van der Waals surface area contributed by atoms with Gasteiger partial charge < -0.3 is 20.7 Å². The number of nitrogens with zero attached hydrogens (tertiary/aromatic N) is 3. The van der Waals surface area contributed by atoms with Gasteiger partial charge in [0.05, 0.1) is 0 Å². The molecule has 0 bridgehead atoms. The Balaban J connectivity index is 2.18. The zero-order valence-corrected chi connectivity index (χ0v) is 13.3. The van der Waals surface area contributed by atoms with E-state index in [1.165, 1.54) is 30.6 Å². The van der Waals surface area contributed by atoms with Gasteiger partial charge in [-0.1, -0.05) is 0 Å².